The molecule has 0 aromatic heterocycles. The molecule has 1 aromatic rings. The molecule has 1 amide bonds. The molecule has 6 heteroatoms. The number of amides is 1. The van der Waals surface area contributed by atoms with Crippen molar-refractivity contribution in [3.05, 3.63) is 35.9 Å². The Labute approximate surface area is 160 Å². The number of hydrogen-bond donors (Lipinski definition) is 0. The van der Waals surface area contributed by atoms with Crippen LogP contribution in [0.2, 0.25) is 0 Å². The van der Waals surface area contributed by atoms with E-state index < -0.39 is 0 Å². The summed E-state index contributed by atoms with van der Waals surface area (Å²) < 4.78 is 10.9. The van der Waals surface area contributed by atoms with E-state index >= 15 is 0 Å². The number of nitrogens with zero attached hydrogens (tertiary/aromatic N) is 2. The van der Waals surface area contributed by atoms with Crippen LogP contribution < -0.4 is 0 Å². The van der Waals surface area contributed by atoms with Gasteiger partial charge < -0.3 is 19.2 Å². The number of rotatable bonds is 4. The summed E-state index contributed by atoms with van der Waals surface area (Å²) in [5, 5.41) is 0. The van der Waals surface area contributed by atoms with Gasteiger partial charge in [0, 0.05) is 32.2 Å². The van der Waals surface area contributed by atoms with Crippen molar-refractivity contribution in [3.8, 4) is 0 Å². The number of aldehydes is 1. The zero-order valence-electron chi connectivity index (χ0n) is 15.7. The second-order valence-corrected chi connectivity index (χ2v) is 8.13. The highest BCUT2D eigenvalue weighted by Gasteiger charge is 2.48. The number of hydrogen-bond acceptors (Lipinski definition) is 5. The molecule has 146 valence electrons. The second kappa shape index (κ2) is 7.98. The van der Waals surface area contributed by atoms with E-state index in [1.165, 1.54) is 12.8 Å². The van der Waals surface area contributed by atoms with E-state index in [0.717, 1.165) is 50.9 Å². The summed E-state index contributed by atoms with van der Waals surface area (Å²) in [7, 11) is 0. The number of piperidine rings is 1. The third-order valence-electron chi connectivity index (χ3n) is 6.42. The minimum Gasteiger partial charge on any atom is -0.445 e. The van der Waals surface area contributed by atoms with Gasteiger partial charge in [0.05, 0.1) is 6.61 Å². The molecule has 1 atom stereocenters. The molecule has 0 radical (unpaired) electrons. The Morgan fingerprint density at radius 1 is 1.19 bits per heavy atom. The summed E-state index contributed by atoms with van der Waals surface area (Å²) in [6.07, 6.45) is 4.89. The predicted octanol–water partition coefficient (Wildman–Crippen LogP) is 2.47. The molecule has 0 bridgehead atoms. The second-order valence-electron chi connectivity index (χ2n) is 8.13. The maximum Gasteiger partial charge on any atom is 0.410 e. The standard InChI is InChI=1S/C21H28N2O4/c24-15-19-14-23(10-11-26-19)18-12-21(13-18)6-8-22(9-7-21)20(25)27-16-17-4-2-1-3-5-17/h1-5,15,18-19H,6-14,16H2/t19-/m1/s1. The monoisotopic (exact) mass is 372 g/mol. The van der Waals surface area contributed by atoms with Gasteiger partial charge in [0.2, 0.25) is 0 Å². The van der Waals surface area contributed by atoms with Crippen LogP contribution in [-0.4, -0.2) is 67.1 Å². The average molecular weight is 372 g/mol. The van der Waals surface area contributed by atoms with Gasteiger partial charge in [-0.1, -0.05) is 30.3 Å². The summed E-state index contributed by atoms with van der Waals surface area (Å²) >= 11 is 0. The lowest BCUT2D eigenvalue weighted by atomic mass is 9.60. The first-order valence-electron chi connectivity index (χ1n) is 9.94. The van der Waals surface area contributed by atoms with Gasteiger partial charge in [-0.05, 0) is 36.7 Å². The van der Waals surface area contributed by atoms with E-state index in [4.69, 9.17) is 9.47 Å². The maximum absolute atomic E-state index is 12.3. The average Bonchev–Trinajstić information content (AvgIpc) is 2.71. The normalized spacial score (nSPS) is 25.8. The molecule has 1 aromatic carbocycles. The molecule has 3 fully saturated rings. The highest BCUT2D eigenvalue weighted by Crippen LogP contribution is 2.51. The van der Waals surface area contributed by atoms with Crippen LogP contribution in [0.5, 0.6) is 0 Å². The van der Waals surface area contributed by atoms with Gasteiger partial charge in [-0.3, -0.25) is 4.90 Å². The summed E-state index contributed by atoms with van der Waals surface area (Å²) in [6, 6.07) is 10.4. The summed E-state index contributed by atoms with van der Waals surface area (Å²) in [6.45, 7) is 4.18. The van der Waals surface area contributed by atoms with Crippen LogP contribution in [0.25, 0.3) is 0 Å². The highest BCUT2D eigenvalue weighted by molar-refractivity contribution is 5.67. The van der Waals surface area contributed by atoms with Crippen LogP contribution in [0.4, 0.5) is 4.79 Å². The molecule has 0 N–H and O–H groups in total. The van der Waals surface area contributed by atoms with Crippen LogP contribution in [-0.2, 0) is 20.9 Å². The van der Waals surface area contributed by atoms with E-state index in [1.54, 1.807) is 0 Å². The maximum atomic E-state index is 12.3. The minimum atomic E-state index is -0.267. The van der Waals surface area contributed by atoms with Crippen LogP contribution >= 0.6 is 0 Å². The van der Waals surface area contributed by atoms with Crippen LogP contribution in [0.1, 0.15) is 31.2 Å². The molecule has 1 spiro atoms. The van der Waals surface area contributed by atoms with Gasteiger partial charge >= 0.3 is 6.09 Å². The Kier molecular flexibility index (Phi) is 5.45. The van der Waals surface area contributed by atoms with Crippen molar-refractivity contribution in [1.29, 1.82) is 0 Å². The summed E-state index contributed by atoms with van der Waals surface area (Å²) in [5.41, 5.74) is 1.39. The summed E-state index contributed by atoms with van der Waals surface area (Å²) in [5.74, 6) is 0. The fourth-order valence-electron chi connectivity index (χ4n) is 4.69. The van der Waals surface area contributed by atoms with Crippen molar-refractivity contribution < 1.29 is 19.1 Å². The SMILES string of the molecule is O=C[C@H]1CN(C2CC3(CCN(C(=O)OCc4ccccc4)CC3)C2)CCO1. The van der Waals surface area contributed by atoms with Gasteiger partial charge in [-0.25, -0.2) is 4.79 Å². The number of carbonyl (C=O) groups excluding carboxylic acids is 2. The van der Waals surface area contributed by atoms with Crippen molar-refractivity contribution in [2.75, 3.05) is 32.8 Å². The van der Waals surface area contributed by atoms with Crippen LogP contribution in [0, 0.1) is 5.41 Å². The largest absolute Gasteiger partial charge is 0.445 e. The van der Waals surface area contributed by atoms with E-state index in [2.05, 4.69) is 4.90 Å². The number of likely N-dealkylation sites (tertiary alicyclic amines) is 1. The molecule has 27 heavy (non-hydrogen) atoms. The Bertz CT molecular complexity index is 649. The van der Waals surface area contributed by atoms with Gasteiger partial charge in [0.15, 0.2) is 0 Å². The lowest BCUT2D eigenvalue weighted by Crippen LogP contribution is -2.58. The number of carbonyl (C=O) groups is 2. The van der Waals surface area contributed by atoms with Crippen molar-refractivity contribution in [3.63, 3.8) is 0 Å². The molecule has 2 aliphatic heterocycles. The molecule has 1 saturated carbocycles. The number of benzene rings is 1. The van der Waals surface area contributed by atoms with Crippen molar-refractivity contribution in [1.82, 2.24) is 9.80 Å². The third-order valence-corrected chi connectivity index (χ3v) is 6.42. The molecular weight excluding hydrogens is 344 g/mol. The Morgan fingerprint density at radius 2 is 1.93 bits per heavy atom. The first kappa shape index (κ1) is 18.4. The molecule has 0 unspecified atom stereocenters. The topological polar surface area (TPSA) is 59.1 Å². The van der Waals surface area contributed by atoms with E-state index in [1.807, 2.05) is 35.2 Å². The zero-order chi connectivity index (χ0) is 18.7. The fraction of sp³-hybridized carbons (Fsp3) is 0.619. The lowest BCUT2D eigenvalue weighted by molar-refractivity contribution is -0.130. The molecule has 6 nitrogen and oxygen atoms in total. The lowest BCUT2D eigenvalue weighted by Gasteiger charge is -2.56. The van der Waals surface area contributed by atoms with Gasteiger partial charge in [0.25, 0.3) is 0 Å². The molecule has 3 aliphatic rings. The highest BCUT2D eigenvalue weighted by atomic mass is 16.6. The van der Waals surface area contributed by atoms with Gasteiger partial charge in [0.1, 0.15) is 19.0 Å². The third kappa shape index (κ3) is 4.17. The molecule has 4 rings (SSSR count). The Balaban J connectivity index is 1.20. The first-order chi connectivity index (χ1) is 13.2. The zero-order valence-corrected chi connectivity index (χ0v) is 15.7. The Morgan fingerprint density at radius 3 is 2.63 bits per heavy atom. The Hall–Kier alpha value is -1.92. The van der Waals surface area contributed by atoms with E-state index in [0.29, 0.717) is 24.7 Å². The van der Waals surface area contributed by atoms with Gasteiger partial charge in [-0.2, -0.15) is 0 Å². The number of morpholine rings is 1. The molecule has 2 saturated heterocycles. The fourth-order valence-corrected chi connectivity index (χ4v) is 4.69. The van der Waals surface area contributed by atoms with Crippen LogP contribution in [0.3, 0.4) is 0 Å². The van der Waals surface area contributed by atoms with Crippen LogP contribution in [0.15, 0.2) is 30.3 Å². The van der Waals surface area contributed by atoms with Crippen molar-refractivity contribution in [2.24, 2.45) is 5.41 Å². The van der Waals surface area contributed by atoms with E-state index in [-0.39, 0.29) is 12.2 Å². The van der Waals surface area contributed by atoms with Gasteiger partial charge in [-0.15, -0.1) is 0 Å². The quantitative estimate of drug-likeness (QED) is 0.760. The number of ether oxygens (including phenoxy) is 2. The minimum absolute atomic E-state index is 0.202. The van der Waals surface area contributed by atoms with E-state index in [9.17, 15) is 9.59 Å². The first-order valence-corrected chi connectivity index (χ1v) is 9.94. The molecular formula is C21H28N2O4. The summed E-state index contributed by atoms with van der Waals surface area (Å²) in [4.78, 5) is 27.5. The smallest absolute Gasteiger partial charge is 0.410 e. The molecule has 2 heterocycles. The van der Waals surface area contributed by atoms with Crippen molar-refractivity contribution in [2.45, 2.75) is 44.4 Å². The van der Waals surface area contributed by atoms with Crippen molar-refractivity contribution >= 4 is 12.4 Å². The molecule has 1 aliphatic carbocycles. The predicted molar refractivity (Wildman–Crippen MR) is 100 cm³/mol.